The van der Waals surface area contributed by atoms with Crippen molar-refractivity contribution in [2.24, 2.45) is 0 Å². The lowest BCUT2D eigenvalue weighted by molar-refractivity contribution is 0.0532. The van der Waals surface area contributed by atoms with E-state index >= 15 is 4.80 Å². The lowest BCUT2D eigenvalue weighted by Gasteiger charge is -2.57. The molecule has 0 saturated carbocycles. The zero-order chi connectivity index (χ0) is 75.7. The summed E-state index contributed by atoms with van der Waals surface area (Å²) in [5.41, 5.74) is 2.10. The molecule has 0 spiro atoms. The van der Waals surface area contributed by atoms with E-state index in [1.807, 2.05) is 280 Å². The second-order valence-corrected chi connectivity index (χ2v) is 59.0. The third kappa shape index (κ3) is 17.0. The first-order valence-corrected chi connectivity index (χ1v) is 57.0. The van der Waals surface area contributed by atoms with E-state index in [1.54, 1.807) is 0 Å². The fraction of sp³-hybridized carbons (Fsp3) is 0.250. The summed E-state index contributed by atoms with van der Waals surface area (Å²) in [4.78, 5) is 19.8. The summed E-state index contributed by atoms with van der Waals surface area (Å²) in [7, 11) is -49.5. The van der Waals surface area contributed by atoms with Gasteiger partial charge in [0.15, 0.2) is 0 Å². The van der Waals surface area contributed by atoms with Crippen molar-refractivity contribution in [2.75, 3.05) is 75.6 Å². The Bertz CT molecular complexity index is 4710. The molecule has 8 saturated heterocycles. The van der Waals surface area contributed by atoms with Crippen molar-refractivity contribution in [3.8, 4) is 11.5 Å². The van der Waals surface area contributed by atoms with E-state index in [9.17, 15) is 0 Å². The minimum atomic E-state index is -5.49. The molecule has 8 fully saturated rings. The van der Waals surface area contributed by atoms with Crippen LogP contribution in [0.2, 0.25) is 25.2 Å². The maximum Gasteiger partial charge on any atom is 0.518 e. The van der Waals surface area contributed by atoms with E-state index < -0.39 is 88.0 Å². The van der Waals surface area contributed by atoms with Crippen LogP contribution in [0.15, 0.2) is 291 Å². The molecule has 0 amide bonds. The monoisotopic (exact) mass is 1680 g/mol. The van der Waals surface area contributed by atoms with Crippen LogP contribution in [0, 0.1) is 0 Å². The first-order chi connectivity index (χ1) is 54.7. The molecule has 10 aromatic carbocycles. The summed E-state index contributed by atoms with van der Waals surface area (Å²) < 4.78 is 147. The zero-order valence-corrected chi connectivity index (χ0v) is 72.3. The summed E-state index contributed by atoms with van der Waals surface area (Å²) in [5.74, 6) is 1.35. The predicted molar refractivity (Wildman–Crippen MR) is 442 cm³/mol. The number of hydrogen-bond acceptors (Lipinski definition) is 22. The molecule has 22 nitrogen and oxygen atoms in total. The predicted octanol–water partition coefficient (Wildman–Crippen LogP) is 6.59. The molecule has 112 heavy (non-hydrogen) atoms. The van der Waals surface area contributed by atoms with E-state index in [-0.39, 0.29) is 49.7 Å². The van der Waals surface area contributed by atoms with Gasteiger partial charge in [-0.2, -0.15) is 0 Å². The standard InChI is InChI=1S/C80H88N2O20Si10/c1-104(55-27-53-84-67-49-45-65(46-50-67)81(57-69-61-86-69)58-70-62-87-70)92-106(83,74-31-13-4-14-32-74)96-111(79-41-23-9-24-42-79)97-107(75-33-15-5-16-34-75)90-103(73-29-11-3-12-30-73)91-108(76-35-17-6-18-36-76)98-109(94-104,77-37-19-7-20-38-77)100-112(102-111,80-43-25-10-26-44-80)101-110(99-108,78-39-21-8-22-40-78)95-105(2,93-107)56-28-54-85-68-51-47-66(48-52-68)82(59-71-63-88-71)60-72-64-89-72/h3-26,29-52,69-72,83,103H,27-28,53-64H2,1-2H3. The molecule has 14 atom stereocenters. The van der Waals surface area contributed by atoms with Crippen LogP contribution in [0.3, 0.4) is 0 Å². The molecule has 14 unspecified atom stereocenters. The van der Waals surface area contributed by atoms with Crippen molar-refractivity contribution in [2.45, 2.75) is 62.4 Å². The van der Waals surface area contributed by atoms with Gasteiger partial charge in [-0.05, 0) is 91.7 Å². The molecule has 8 aliphatic rings. The Hall–Kier alpha value is -7.15. The van der Waals surface area contributed by atoms with Crippen LogP contribution < -0.4 is 60.8 Å². The Morgan fingerprint density at radius 2 is 0.571 bits per heavy atom. The molecule has 32 heteroatoms. The van der Waals surface area contributed by atoms with Crippen LogP contribution in [0.4, 0.5) is 11.4 Å². The zero-order valence-electron chi connectivity index (χ0n) is 62.1. The second-order valence-electron chi connectivity index (χ2n) is 29.4. The Kier molecular flexibility index (Phi) is 21.9. The summed E-state index contributed by atoms with van der Waals surface area (Å²) in [6, 6.07) is 93.6. The van der Waals surface area contributed by atoms with Crippen LogP contribution in [-0.2, 0) is 72.4 Å². The van der Waals surface area contributed by atoms with Gasteiger partial charge in [-0.15, -0.1) is 0 Å². The van der Waals surface area contributed by atoms with Gasteiger partial charge in [0.05, 0.1) is 64.1 Å². The van der Waals surface area contributed by atoms with E-state index in [0.29, 0.717) is 65.8 Å². The third-order valence-corrected chi connectivity index (χ3v) is 61.9. The van der Waals surface area contributed by atoms with Gasteiger partial charge in [0.2, 0.25) is 0 Å². The number of nitrogens with zero attached hydrogens (tertiary/aromatic N) is 2. The minimum Gasteiger partial charge on any atom is -0.494 e. The van der Waals surface area contributed by atoms with Gasteiger partial charge >= 0.3 is 88.0 Å². The molecule has 0 aromatic heterocycles. The van der Waals surface area contributed by atoms with Crippen molar-refractivity contribution < 1.29 is 86.7 Å². The molecule has 0 radical (unpaired) electrons. The summed E-state index contributed by atoms with van der Waals surface area (Å²) in [5, 5.41) is 3.81. The van der Waals surface area contributed by atoms with Crippen LogP contribution in [0.1, 0.15) is 12.8 Å². The van der Waals surface area contributed by atoms with Crippen molar-refractivity contribution in [1.29, 1.82) is 0 Å². The molecule has 1 N–H and O–H groups in total. The lowest BCUT2D eigenvalue weighted by Crippen LogP contribution is -2.89. The minimum absolute atomic E-state index is 0.164. The van der Waals surface area contributed by atoms with E-state index in [2.05, 4.69) is 34.1 Å². The van der Waals surface area contributed by atoms with E-state index in [0.717, 1.165) is 64.0 Å². The van der Waals surface area contributed by atoms with Crippen LogP contribution in [0.5, 0.6) is 11.5 Å². The van der Waals surface area contributed by atoms with Crippen LogP contribution >= 0.6 is 0 Å². The van der Waals surface area contributed by atoms with Gasteiger partial charge in [0.1, 0.15) is 11.5 Å². The van der Waals surface area contributed by atoms with Crippen molar-refractivity contribution in [1.82, 2.24) is 0 Å². The molecule has 8 heterocycles. The number of epoxide rings is 4. The average molecular weight is 1680 g/mol. The number of fused-ring (bicyclic) bond motifs is 6. The first-order valence-electron chi connectivity index (χ1n) is 38.3. The molecule has 578 valence electrons. The van der Waals surface area contributed by atoms with Gasteiger partial charge in [0.25, 0.3) is 0 Å². The van der Waals surface area contributed by atoms with E-state index in [4.69, 9.17) is 81.9 Å². The largest absolute Gasteiger partial charge is 0.518 e. The Morgan fingerprint density at radius 3 is 0.902 bits per heavy atom. The van der Waals surface area contributed by atoms with Crippen molar-refractivity contribution in [3.63, 3.8) is 0 Å². The summed E-state index contributed by atoms with van der Waals surface area (Å²) >= 11 is 0. The Balaban J connectivity index is 0.863. The van der Waals surface area contributed by atoms with Gasteiger partial charge in [-0.1, -0.05) is 243 Å². The highest BCUT2D eigenvalue weighted by Crippen LogP contribution is 2.45. The molecule has 6 bridgehead atoms. The maximum absolute atomic E-state index is 15.2. The quantitative estimate of drug-likeness (QED) is 0.0311. The Labute approximate surface area is 663 Å². The normalized spacial score (nSPS) is 31.7. The number of rotatable bonds is 28. The highest BCUT2D eigenvalue weighted by atomic mass is 28.6. The number of anilines is 2. The molecule has 8 aliphatic heterocycles. The van der Waals surface area contributed by atoms with Gasteiger partial charge in [0, 0.05) is 73.9 Å². The topological polar surface area (TPSA) is 215 Å². The number of benzene rings is 10. The summed E-state index contributed by atoms with van der Waals surface area (Å²) in [6.45, 7) is 10.5. The molecule has 0 aliphatic carbocycles. The SMILES string of the molecule is C[Si]1(CCCOc2ccc(N(CC3CO3)CC3CO3)cc2)O[Si](O)(c2ccccc2)O[Si]2(c3ccccc3)O[Si]3(c4ccccc4)O[SiH](c4ccccc4)O[Si]4(c5ccccc5)O[Si](c5ccccc5)(O1)O[Si](c1ccccc1)(O[Si](c1ccccc1)(O[Si](C)(CCCOc1ccc(N(CC5CO5)CC5CO5)cc1)O3)O4)O2. The highest BCUT2D eigenvalue weighted by molar-refractivity contribution is 7.10. The lowest BCUT2D eigenvalue weighted by atomic mass is 10.2. The van der Waals surface area contributed by atoms with Crippen molar-refractivity contribution >= 4 is 141 Å². The molecule has 18 rings (SSSR count). The van der Waals surface area contributed by atoms with Gasteiger partial charge in [-0.3, -0.25) is 0 Å². The second kappa shape index (κ2) is 32.1. The van der Waals surface area contributed by atoms with Crippen LogP contribution in [-0.4, -0.2) is 183 Å². The molecule has 10 aromatic rings. The third-order valence-electron chi connectivity index (χ3n) is 20.6. The fourth-order valence-corrected chi connectivity index (χ4v) is 67.0. The number of ether oxygens (including phenoxy) is 6. The fourth-order valence-electron chi connectivity index (χ4n) is 14.7. The number of hydrogen-bond donors (Lipinski definition) is 1. The first kappa shape index (κ1) is 76.2. The van der Waals surface area contributed by atoms with Crippen LogP contribution in [0.25, 0.3) is 0 Å². The van der Waals surface area contributed by atoms with E-state index in [1.165, 1.54) is 0 Å². The average Bonchev–Trinajstić information content (AvgIpc) is 1.35. The van der Waals surface area contributed by atoms with Gasteiger partial charge < -0.3 is 96.5 Å². The smallest absolute Gasteiger partial charge is 0.494 e. The van der Waals surface area contributed by atoms with Crippen molar-refractivity contribution in [3.05, 3.63) is 291 Å². The Morgan fingerprint density at radius 1 is 0.312 bits per heavy atom. The van der Waals surface area contributed by atoms with Gasteiger partial charge in [-0.25, -0.2) is 0 Å². The highest BCUT2D eigenvalue weighted by Gasteiger charge is 2.79. The summed E-state index contributed by atoms with van der Waals surface area (Å²) in [6.07, 6.45) is 1.49. The molecular weight excluding hydrogens is 1590 g/mol. The molecular formula is C80H88N2O20Si10. The maximum atomic E-state index is 15.2.